The summed E-state index contributed by atoms with van der Waals surface area (Å²) in [4.78, 5) is 19.2. The van der Waals surface area contributed by atoms with E-state index in [1.165, 1.54) is 16.3 Å². The second-order valence-corrected chi connectivity index (χ2v) is 10.8. The number of hydrogen-bond acceptors (Lipinski definition) is 5. The van der Waals surface area contributed by atoms with Crippen LogP contribution in [0, 0.1) is 0 Å². The number of anilines is 1. The number of ether oxygens (including phenoxy) is 2. The molecule has 2 heterocycles. The Morgan fingerprint density at radius 3 is 2.74 bits per heavy atom. The molecular formula is C34H36N2O3. The van der Waals surface area contributed by atoms with Crippen LogP contribution in [0.4, 0.5) is 5.69 Å². The van der Waals surface area contributed by atoms with Crippen LogP contribution in [0.25, 0.3) is 10.8 Å². The number of rotatable bonds is 6. The molecule has 200 valence electrons. The predicted octanol–water partition coefficient (Wildman–Crippen LogP) is 7.47. The lowest BCUT2D eigenvalue weighted by Gasteiger charge is -2.46. The summed E-state index contributed by atoms with van der Waals surface area (Å²) in [6.45, 7) is 15.1. The highest BCUT2D eigenvalue weighted by atomic mass is 16.5. The van der Waals surface area contributed by atoms with E-state index in [1.54, 1.807) is 6.92 Å². The molecule has 2 aromatic rings. The molecule has 5 nitrogen and oxygen atoms in total. The van der Waals surface area contributed by atoms with Crippen LogP contribution in [0.15, 0.2) is 114 Å². The number of aliphatic imine (C=N–C) groups is 1. The Hall–Kier alpha value is -4.12. The summed E-state index contributed by atoms with van der Waals surface area (Å²) in [5.74, 6) is 0.368. The first-order chi connectivity index (χ1) is 18.8. The van der Waals surface area contributed by atoms with Crippen molar-refractivity contribution in [3.8, 4) is 0 Å². The molecular weight excluding hydrogens is 484 g/mol. The number of benzene rings is 2. The quantitative estimate of drug-likeness (QED) is 0.225. The van der Waals surface area contributed by atoms with Gasteiger partial charge in [-0.15, -0.1) is 0 Å². The molecule has 1 unspecified atom stereocenters. The van der Waals surface area contributed by atoms with Gasteiger partial charge in [0.05, 0.1) is 18.2 Å². The van der Waals surface area contributed by atoms with Crippen LogP contribution in [0.1, 0.15) is 45.6 Å². The fourth-order valence-corrected chi connectivity index (χ4v) is 5.67. The summed E-state index contributed by atoms with van der Waals surface area (Å²) < 4.78 is 12.4. The van der Waals surface area contributed by atoms with Crippen LogP contribution in [0.3, 0.4) is 0 Å². The van der Waals surface area contributed by atoms with Gasteiger partial charge in [0.2, 0.25) is 5.72 Å². The molecule has 0 bridgehead atoms. The molecule has 0 N–H and O–H groups in total. The maximum Gasteiger partial charge on any atom is 0.333 e. The number of esters is 1. The van der Waals surface area contributed by atoms with Gasteiger partial charge in [-0.05, 0) is 74.1 Å². The van der Waals surface area contributed by atoms with Gasteiger partial charge in [0.1, 0.15) is 11.5 Å². The zero-order valence-electron chi connectivity index (χ0n) is 23.1. The van der Waals surface area contributed by atoms with Crippen LogP contribution >= 0.6 is 0 Å². The maximum absolute atomic E-state index is 11.8. The van der Waals surface area contributed by atoms with Gasteiger partial charge in [-0.25, -0.2) is 4.79 Å². The maximum atomic E-state index is 11.8. The van der Waals surface area contributed by atoms with Crippen molar-refractivity contribution in [3.05, 3.63) is 114 Å². The molecule has 1 atom stereocenters. The van der Waals surface area contributed by atoms with Crippen molar-refractivity contribution < 1.29 is 14.3 Å². The molecule has 2 aliphatic heterocycles. The first-order valence-electron chi connectivity index (χ1n) is 13.6. The van der Waals surface area contributed by atoms with E-state index in [4.69, 9.17) is 14.5 Å². The average Bonchev–Trinajstić information content (AvgIpc) is 3.10. The summed E-state index contributed by atoms with van der Waals surface area (Å²) in [7, 11) is 0. The van der Waals surface area contributed by atoms with Gasteiger partial charge in [0.25, 0.3) is 0 Å². The third-order valence-electron chi connectivity index (χ3n) is 7.73. The van der Waals surface area contributed by atoms with Crippen molar-refractivity contribution in [2.45, 2.75) is 51.2 Å². The average molecular weight is 521 g/mol. The van der Waals surface area contributed by atoms with E-state index in [0.717, 1.165) is 36.2 Å². The number of nitrogens with zero attached hydrogens (tertiary/aromatic N) is 2. The molecule has 5 rings (SSSR count). The lowest BCUT2D eigenvalue weighted by Crippen LogP contribution is -2.60. The monoisotopic (exact) mass is 520 g/mol. The Bertz CT molecular complexity index is 1490. The second kappa shape index (κ2) is 10.6. The van der Waals surface area contributed by atoms with E-state index in [-0.39, 0.29) is 5.97 Å². The van der Waals surface area contributed by atoms with E-state index >= 15 is 0 Å². The number of allylic oxidation sites excluding steroid dienone is 6. The zero-order chi connectivity index (χ0) is 27.6. The standard InChI is InChI=1S/C34H36N2O3/c1-24(2)32(37)38-22-14-13-21-36-28-20-19-26-16-11-12-17-27(26)30(28)33(4,5)34(36)23-35-31-25(3)15-9-7-6-8-10-18-29(31)39-34/h6-7,9-12,15-20,23H,1,3,8,13-14,21-22H2,2,4-5H3/b7-6-,15-9-,18-10-. The Kier molecular flexibility index (Phi) is 7.17. The molecule has 1 spiro atoms. The number of hydrogen-bond donors (Lipinski definition) is 0. The molecule has 39 heavy (non-hydrogen) atoms. The van der Waals surface area contributed by atoms with Crippen molar-refractivity contribution in [1.29, 1.82) is 0 Å². The minimum absolute atomic E-state index is 0.347. The van der Waals surface area contributed by atoms with Crippen LogP contribution in [0.5, 0.6) is 0 Å². The van der Waals surface area contributed by atoms with E-state index < -0.39 is 11.1 Å². The SMILES string of the molecule is C=C(C)C(=O)OCCCCN1c2ccc3ccccc3c2C(C)(C)C12C=NC1=C(/C=C\C/C=C\C=C/C1=C)O2. The highest BCUT2D eigenvalue weighted by molar-refractivity contribution is 5.97. The minimum atomic E-state index is -0.846. The first-order valence-corrected chi connectivity index (χ1v) is 13.6. The Balaban J connectivity index is 1.54. The normalized spacial score (nSPS) is 23.7. The van der Waals surface area contributed by atoms with Gasteiger partial charge < -0.3 is 14.4 Å². The Morgan fingerprint density at radius 2 is 1.92 bits per heavy atom. The van der Waals surface area contributed by atoms with Gasteiger partial charge in [-0.2, -0.15) is 0 Å². The smallest absolute Gasteiger partial charge is 0.333 e. The van der Waals surface area contributed by atoms with Gasteiger partial charge in [-0.3, -0.25) is 4.99 Å². The van der Waals surface area contributed by atoms with E-state index in [1.807, 2.05) is 30.5 Å². The summed E-state index contributed by atoms with van der Waals surface area (Å²) in [5, 5.41) is 2.41. The van der Waals surface area contributed by atoms with Crippen molar-refractivity contribution in [1.82, 2.24) is 0 Å². The molecule has 2 aromatic carbocycles. The molecule has 0 saturated carbocycles. The third-order valence-corrected chi connectivity index (χ3v) is 7.73. The van der Waals surface area contributed by atoms with E-state index in [2.05, 4.69) is 80.5 Å². The highest BCUT2D eigenvalue weighted by Crippen LogP contribution is 2.56. The number of unbranched alkanes of at least 4 members (excludes halogenated alkanes) is 1. The van der Waals surface area contributed by atoms with Crippen LogP contribution in [-0.4, -0.2) is 31.1 Å². The summed E-state index contributed by atoms with van der Waals surface area (Å²) in [6.07, 6.45) is 16.5. The molecule has 0 amide bonds. The number of fused-ring (bicyclic) bond motifs is 3. The minimum Gasteiger partial charge on any atom is -0.462 e. The van der Waals surface area contributed by atoms with Crippen molar-refractivity contribution in [3.63, 3.8) is 0 Å². The molecule has 0 aromatic heterocycles. The lowest BCUT2D eigenvalue weighted by atomic mass is 9.75. The fourth-order valence-electron chi connectivity index (χ4n) is 5.67. The van der Waals surface area contributed by atoms with Crippen molar-refractivity contribution in [2.24, 2.45) is 4.99 Å². The van der Waals surface area contributed by atoms with E-state index in [0.29, 0.717) is 24.5 Å². The molecule has 0 saturated heterocycles. The van der Waals surface area contributed by atoms with Gasteiger partial charge in [-0.1, -0.05) is 73.9 Å². The van der Waals surface area contributed by atoms with Crippen molar-refractivity contribution >= 4 is 28.6 Å². The van der Waals surface area contributed by atoms with Gasteiger partial charge >= 0.3 is 5.97 Å². The third kappa shape index (κ3) is 4.67. The topological polar surface area (TPSA) is 51.1 Å². The highest BCUT2D eigenvalue weighted by Gasteiger charge is 2.60. The second-order valence-electron chi connectivity index (χ2n) is 10.8. The molecule has 1 aliphatic carbocycles. The summed E-state index contributed by atoms with van der Waals surface area (Å²) in [5.41, 5.74) is 3.06. The lowest BCUT2D eigenvalue weighted by molar-refractivity contribution is -0.139. The largest absolute Gasteiger partial charge is 0.462 e. The fraction of sp³-hybridized carbons (Fsp3) is 0.294. The Labute approximate surface area is 231 Å². The summed E-state index contributed by atoms with van der Waals surface area (Å²) in [6, 6.07) is 12.9. The Morgan fingerprint density at radius 1 is 1.10 bits per heavy atom. The number of carbonyl (C=O) groups is 1. The molecule has 3 aliphatic rings. The van der Waals surface area contributed by atoms with Gasteiger partial charge in [0.15, 0.2) is 0 Å². The zero-order valence-corrected chi connectivity index (χ0v) is 23.1. The molecule has 5 heteroatoms. The molecule has 0 fully saturated rings. The van der Waals surface area contributed by atoms with Gasteiger partial charge in [0, 0.05) is 17.8 Å². The summed E-state index contributed by atoms with van der Waals surface area (Å²) >= 11 is 0. The number of carbonyl (C=O) groups excluding carboxylic acids is 1. The van der Waals surface area contributed by atoms with Crippen LogP contribution in [-0.2, 0) is 19.7 Å². The van der Waals surface area contributed by atoms with Crippen LogP contribution < -0.4 is 4.90 Å². The van der Waals surface area contributed by atoms with E-state index in [9.17, 15) is 4.79 Å². The predicted molar refractivity (Wildman–Crippen MR) is 160 cm³/mol. The van der Waals surface area contributed by atoms with Crippen LogP contribution in [0.2, 0.25) is 0 Å². The molecule has 0 radical (unpaired) electrons. The first kappa shape index (κ1) is 26.5. The van der Waals surface area contributed by atoms with Crippen molar-refractivity contribution in [2.75, 3.05) is 18.1 Å².